The fourth-order valence-electron chi connectivity index (χ4n) is 1.81. The molecule has 1 aromatic rings. The van der Waals surface area contributed by atoms with Gasteiger partial charge in [0.15, 0.2) is 11.9 Å². The van der Waals surface area contributed by atoms with E-state index in [1.165, 1.54) is 19.2 Å². The maximum Gasteiger partial charge on any atom is 0.377 e. The Kier molecular flexibility index (Phi) is 4.52. The highest BCUT2D eigenvalue weighted by Gasteiger charge is 2.39. The summed E-state index contributed by atoms with van der Waals surface area (Å²) >= 11 is 0. The molecular weight excluding hydrogens is 296 g/mol. The van der Waals surface area contributed by atoms with Crippen molar-refractivity contribution >= 4 is 11.9 Å². The Morgan fingerprint density at radius 3 is 2.73 bits per heavy atom. The van der Waals surface area contributed by atoms with Crippen molar-refractivity contribution in [2.45, 2.75) is 12.2 Å². The molecule has 0 spiro atoms. The minimum Gasteiger partial charge on any atom is -0.505 e. The summed E-state index contributed by atoms with van der Waals surface area (Å²) in [4.78, 5) is 22.8. The van der Waals surface area contributed by atoms with E-state index < -0.39 is 42.3 Å². The molecule has 8 heteroatoms. The number of methoxy groups -OCH3 is 1. The smallest absolute Gasteiger partial charge is 0.377 e. The van der Waals surface area contributed by atoms with Gasteiger partial charge in [-0.1, -0.05) is 6.07 Å². The van der Waals surface area contributed by atoms with Gasteiger partial charge in [0.25, 0.3) is 0 Å². The van der Waals surface area contributed by atoms with Gasteiger partial charge in [-0.2, -0.15) is 0 Å². The van der Waals surface area contributed by atoms with Crippen LogP contribution in [-0.4, -0.2) is 53.2 Å². The molecular formula is C14H14O8. The van der Waals surface area contributed by atoms with Crippen LogP contribution in [0.1, 0.15) is 10.4 Å². The molecule has 0 amide bonds. The highest BCUT2D eigenvalue weighted by molar-refractivity contribution is 5.90. The third kappa shape index (κ3) is 3.12. The minimum absolute atomic E-state index is 0.206. The monoisotopic (exact) mass is 310 g/mol. The molecule has 1 aliphatic rings. The standard InChI is InChI=1S/C14H14O8/c1-20-8-4-2-3-7(5-8)13(18)21-6-9(15)12-10(16)11(17)14(19)22-12/h2-5,9,12,15-17H,6H2,1H3/t9-,12+/m0/s1. The lowest BCUT2D eigenvalue weighted by Crippen LogP contribution is -2.33. The molecule has 118 valence electrons. The summed E-state index contributed by atoms with van der Waals surface area (Å²) < 4.78 is 14.4. The number of hydrogen-bond donors (Lipinski definition) is 3. The van der Waals surface area contributed by atoms with Gasteiger partial charge in [-0.25, -0.2) is 9.59 Å². The Labute approximate surface area is 125 Å². The van der Waals surface area contributed by atoms with Gasteiger partial charge in [0.1, 0.15) is 18.5 Å². The molecule has 0 unspecified atom stereocenters. The first-order valence-corrected chi connectivity index (χ1v) is 6.26. The number of carbonyl (C=O) groups is 2. The summed E-state index contributed by atoms with van der Waals surface area (Å²) in [5, 5.41) is 28.3. The average molecular weight is 310 g/mol. The van der Waals surface area contributed by atoms with Crippen molar-refractivity contribution in [3.05, 3.63) is 41.3 Å². The number of benzene rings is 1. The molecule has 3 N–H and O–H groups in total. The Balaban J connectivity index is 1.95. The van der Waals surface area contributed by atoms with Crippen molar-refractivity contribution in [1.29, 1.82) is 0 Å². The topological polar surface area (TPSA) is 123 Å². The molecule has 1 aliphatic heterocycles. The third-order valence-electron chi connectivity index (χ3n) is 2.98. The number of hydrogen-bond acceptors (Lipinski definition) is 8. The van der Waals surface area contributed by atoms with Crippen molar-refractivity contribution in [2.75, 3.05) is 13.7 Å². The van der Waals surface area contributed by atoms with E-state index in [2.05, 4.69) is 4.74 Å². The number of aliphatic hydroxyl groups is 3. The van der Waals surface area contributed by atoms with Crippen molar-refractivity contribution in [2.24, 2.45) is 0 Å². The van der Waals surface area contributed by atoms with Crippen molar-refractivity contribution in [3.8, 4) is 5.75 Å². The summed E-state index contributed by atoms with van der Waals surface area (Å²) in [6.45, 7) is -0.536. The SMILES string of the molecule is COc1cccc(C(=O)OC[C@H](O)[C@H]2OC(=O)C(O)=C2O)c1. The lowest BCUT2D eigenvalue weighted by Gasteiger charge is -2.17. The van der Waals surface area contributed by atoms with Crippen LogP contribution in [0.4, 0.5) is 0 Å². The first-order chi connectivity index (χ1) is 10.4. The minimum atomic E-state index is -1.51. The molecule has 22 heavy (non-hydrogen) atoms. The normalized spacial score (nSPS) is 18.8. The maximum atomic E-state index is 11.8. The zero-order chi connectivity index (χ0) is 16.3. The van der Waals surface area contributed by atoms with Crippen LogP contribution in [0.25, 0.3) is 0 Å². The van der Waals surface area contributed by atoms with E-state index in [-0.39, 0.29) is 5.56 Å². The zero-order valence-electron chi connectivity index (χ0n) is 11.6. The highest BCUT2D eigenvalue weighted by atomic mass is 16.6. The molecule has 0 radical (unpaired) electrons. The Bertz CT molecular complexity index is 621. The van der Waals surface area contributed by atoms with Crippen LogP contribution < -0.4 is 4.74 Å². The highest BCUT2D eigenvalue weighted by Crippen LogP contribution is 2.22. The third-order valence-corrected chi connectivity index (χ3v) is 2.98. The lowest BCUT2D eigenvalue weighted by atomic mass is 10.2. The second-order valence-corrected chi connectivity index (χ2v) is 4.46. The summed E-state index contributed by atoms with van der Waals surface area (Å²) in [6.07, 6.45) is -2.98. The summed E-state index contributed by atoms with van der Waals surface area (Å²) in [6, 6.07) is 6.19. The van der Waals surface area contributed by atoms with Gasteiger partial charge >= 0.3 is 11.9 Å². The first kappa shape index (κ1) is 15.6. The molecule has 2 rings (SSSR count). The summed E-state index contributed by atoms with van der Waals surface area (Å²) in [5.41, 5.74) is 0.206. The summed E-state index contributed by atoms with van der Waals surface area (Å²) in [5.74, 6) is -3.18. The van der Waals surface area contributed by atoms with Gasteiger partial charge in [-0.15, -0.1) is 0 Å². The zero-order valence-corrected chi connectivity index (χ0v) is 11.6. The largest absolute Gasteiger partial charge is 0.505 e. The Morgan fingerprint density at radius 2 is 2.14 bits per heavy atom. The Morgan fingerprint density at radius 1 is 1.41 bits per heavy atom. The molecule has 0 bridgehead atoms. The molecule has 1 heterocycles. The number of aliphatic hydroxyl groups excluding tert-OH is 3. The van der Waals surface area contributed by atoms with Crippen molar-refractivity contribution in [1.82, 2.24) is 0 Å². The van der Waals surface area contributed by atoms with Gasteiger partial charge in [-0.05, 0) is 18.2 Å². The van der Waals surface area contributed by atoms with Crippen molar-refractivity contribution < 1.29 is 39.1 Å². The number of carbonyl (C=O) groups excluding carboxylic acids is 2. The van der Waals surface area contributed by atoms with Crippen LogP contribution in [-0.2, 0) is 14.3 Å². The van der Waals surface area contributed by atoms with Crippen LogP contribution in [0.5, 0.6) is 5.75 Å². The number of esters is 2. The van der Waals surface area contributed by atoms with E-state index in [4.69, 9.17) is 14.6 Å². The van der Waals surface area contributed by atoms with Gasteiger partial charge < -0.3 is 29.5 Å². The van der Waals surface area contributed by atoms with E-state index in [1.54, 1.807) is 12.1 Å². The van der Waals surface area contributed by atoms with E-state index in [0.717, 1.165) is 0 Å². The molecule has 2 atom stereocenters. The number of rotatable bonds is 5. The van der Waals surface area contributed by atoms with E-state index in [0.29, 0.717) is 5.75 Å². The lowest BCUT2D eigenvalue weighted by molar-refractivity contribution is -0.147. The predicted octanol–water partition coefficient (Wildman–Crippen LogP) is 0.466. The van der Waals surface area contributed by atoms with E-state index in [1.807, 2.05) is 0 Å². The molecule has 0 saturated carbocycles. The van der Waals surface area contributed by atoms with Crippen LogP contribution in [0.15, 0.2) is 35.8 Å². The first-order valence-electron chi connectivity index (χ1n) is 6.26. The summed E-state index contributed by atoms with van der Waals surface area (Å²) in [7, 11) is 1.45. The van der Waals surface area contributed by atoms with Crippen LogP contribution >= 0.6 is 0 Å². The molecule has 0 fully saturated rings. The molecule has 8 nitrogen and oxygen atoms in total. The quantitative estimate of drug-likeness (QED) is 0.671. The van der Waals surface area contributed by atoms with E-state index >= 15 is 0 Å². The average Bonchev–Trinajstić information content (AvgIpc) is 2.79. The Hall–Kier alpha value is -2.74. The second-order valence-electron chi connectivity index (χ2n) is 4.46. The second kappa shape index (κ2) is 6.35. The van der Waals surface area contributed by atoms with Gasteiger partial charge in [0, 0.05) is 0 Å². The number of cyclic esters (lactones) is 1. The van der Waals surface area contributed by atoms with Crippen LogP contribution in [0.2, 0.25) is 0 Å². The van der Waals surface area contributed by atoms with Gasteiger partial charge in [0.05, 0.1) is 12.7 Å². The molecule has 0 saturated heterocycles. The number of ether oxygens (including phenoxy) is 3. The fraction of sp³-hybridized carbons (Fsp3) is 0.286. The van der Waals surface area contributed by atoms with Gasteiger partial charge in [0.2, 0.25) is 5.76 Å². The van der Waals surface area contributed by atoms with Crippen LogP contribution in [0, 0.1) is 0 Å². The van der Waals surface area contributed by atoms with Crippen LogP contribution in [0.3, 0.4) is 0 Å². The predicted molar refractivity (Wildman–Crippen MR) is 71.4 cm³/mol. The fourth-order valence-corrected chi connectivity index (χ4v) is 1.81. The van der Waals surface area contributed by atoms with Gasteiger partial charge in [-0.3, -0.25) is 0 Å². The molecule has 0 aromatic heterocycles. The molecule has 0 aliphatic carbocycles. The van der Waals surface area contributed by atoms with Crippen molar-refractivity contribution in [3.63, 3.8) is 0 Å². The van der Waals surface area contributed by atoms with E-state index in [9.17, 15) is 19.8 Å². The molecule has 1 aromatic carbocycles. The maximum absolute atomic E-state index is 11.8.